The van der Waals surface area contributed by atoms with Gasteiger partial charge in [-0.05, 0) is 98.2 Å². The van der Waals surface area contributed by atoms with E-state index in [2.05, 4.69) is 41.3 Å². The highest BCUT2D eigenvalue weighted by Crippen LogP contribution is 2.35. The Morgan fingerprint density at radius 2 is 1.19 bits per heavy atom. The fourth-order valence-corrected chi connectivity index (χ4v) is 4.61. The highest BCUT2D eigenvalue weighted by Gasteiger charge is 2.14. The standard InChI is InChI=1S/C31H32N2O3/c1-34-26-11-5-23(6-12-26)29-17-18-30(24-7-13-27(35-2)14-8-24)32-31(29)25-9-15-28(16-10-25)36-22-21-33-19-3-4-20-33/h5-18H,3-4,19-22H2,1-2H3. The van der Waals surface area contributed by atoms with Crippen LogP contribution in [0.5, 0.6) is 17.2 Å². The van der Waals surface area contributed by atoms with Gasteiger partial charge in [0.25, 0.3) is 0 Å². The van der Waals surface area contributed by atoms with Crippen LogP contribution < -0.4 is 14.2 Å². The molecule has 1 aliphatic rings. The van der Waals surface area contributed by atoms with Crippen molar-refractivity contribution in [3.8, 4) is 50.9 Å². The zero-order valence-electron chi connectivity index (χ0n) is 20.9. The van der Waals surface area contributed by atoms with Gasteiger partial charge in [-0.3, -0.25) is 4.90 Å². The maximum Gasteiger partial charge on any atom is 0.119 e. The summed E-state index contributed by atoms with van der Waals surface area (Å²) in [5, 5.41) is 0. The zero-order valence-corrected chi connectivity index (χ0v) is 20.9. The van der Waals surface area contributed by atoms with Gasteiger partial charge in [-0.25, -0.2) is 4.98 Å². The molecule has 0 spiro atoms. The van der Waals surface area contributed by atoms with Gasteiger partial charge in [-0.15, -0.1) is 0 Å². The Balaban J connectivity index is 1.44. The summed E-state index contributed by atoms with van der Waals surface area (Å²) in [4.78, 5) is 7.57. The Morgan fingerprint density at radius 3 is 1.81 bits per heavy atom. The van der Waals surface area contributed by atoms with Gasteiger partial charge in [0.2, 0.25) is 0 Å². The molecule has 0 amide bonds. The number of benzene rings is 3. The van der Waals surface area contributed by atoms with Crippen molar-refractivity contribution in [2.24, 2.45) is 0 Å². The lowest BCUT2D eigenvalue weighted by Crippen LogP contribution is -2.25. The minimum Gasteiger partial charge on any atom is -0.497 e. The van der Waals surface area contributed by atoms with Crippen molar-refractivity contribution in [1.82, 2.24) is 9.88 Å². The third-order valence-electron chi connectivity index (χ3n) is 6.68. The van der Waals surface area contributed by atoms with Crippen molar-refractivity contribution in [2.75, 3.05) is 40.5 Å². The third-order valence-corrected chi connectivity index (χ3v) is 6.68. The summed E-state index contributed by atoms with van der Waals surface area (Å²) >= 11 is 0. The molecule has 5 nitrogen and oxygen atoms in total. The fraction of sp³-hybridized carbons (Fsp3) is 0.258. The van der Waals surface area contributed by atoms with Crippen molar-refractivity contribution < 1.29 is 14.2 Å². The summed E-state index contributed by atoms with van der Waals surface area (Å²) in [6, 6.07) is 28.6. The monoisotopic (exact) mass is 480 g/mol. The second-order valence-electron chi connectivity index (χ2n) is 8.97. The minimum atomic E-state index is 0.710. The van der Waals surface area contributed by atoms with Crippen LogP contribution in [0.2, 0.25) is 0 Å². The Bertz CT molecular complexity index is 1260. The Kier molecular flexibility index (Phi) is 7.48. The zero-order chi connectivity index (χ0) is 24.7. The molecule has 0 N–H and O–H groups in total. The summed E-state index contributed by atoms with van der Waals surface area (Å²) in [7, 11) is 3.36. The smallest absolute Gasteiger partial charge is 0.119 e. The van der Waals surface area contributed by atoms with E-state index in [1.165, 1.54) is 25.9 Å². The fourth-order valence-electron chi connectivity index (χ4n) is 4.61. The van der Waals surface area contributed by atoms with Gasteiger partial charge in [-0.1, -0.05) is 18.2 Å². The Morgan fingerprint density at radius 1 is 0.639 bits per heavy atom. The molecule has 3 aromatic carbocycles. The normalized spacial score (nSPS) is 13.5. The van der Waals surface area contributed by atoms with E-state index in [0.717, 1.165) is 57.4 Å². The molecular weight excluding hydrogens is 448 g/mol. The molecule has 5 rings (SSSR count). The van der Waals surface area contributed by atoms with Gasteiger partial charge < -0.3 is 14.2 Å². The predicted octanol–water partition coefficient (Wildman–Crippen LogP) is 6.57. The third kappa shape index (κ3) is 5.52. The maximum absolute atomic E-state index is 6.03. The second kappa shape index (κ2) is 11.3. The average Bonchev–Trinajstić information content (AvgIpc) is 3.47. The van der Waals surface area contributed by atoms with Crippen LogP contribution in [0.3, 0.4) is 0 Å². The van der Waals surface area contributed by atoms with Gasteiger partial charge in [-0.2, -0.15) is 0 Å². The minimum absolute atomic E-state index is 0.710. The number of aromatic nitrogens is 1. The Labute approximate surface area is 213 Å². The van der Waals surface area contributed by atoms with E-state index >= 15 is 0 Å². The van der Waals surface area contributed by atoms with Crippen molar-refractivity contribution in [2.45, 2.75) is 12.8 Å². The van der Waals surface area contributed by atoms with Crippen molar-refractivity contribution in [3.05, 3.63) is 84.9 Å². The first-order chi connectivity index (χ1) is 17.7. The van der Waals surface area contributed by atoms with Crippen LogP contribution in [0.25, 0.3) is 33.6 Å². The molecular formula is C31H32N2O3. The quantitative estimate of drug-likeness (QED) is 0.271. The molecule has 36 heavy (non-hydrogen) atoms. The van der Waals surface area contributed by atoms with Crippen LogP contribution in [0.15, 0.2) is 84.9 Å². The van der Waals surface area contributed by atoms with E-state index in [9.17, 15) is 0 Å². The molecule has 4 aromatic rings. The van der Waals surface area contributed by atoms with Crippen LogP contribution in [0.1, 0.15) is 12.8 Å². The topological polar surface area (TPSA) is 43.8 Å². The van der Waals surface area contributed by atoms with Gasteiger partial charge in [0.15, 0.2) is 0 Å². The molecule has 0 aliphatic carbocycles. The molecule has 1 saturated heterocycles. The Hall–Kier alpha value is -3.83. The van der Waals surface area contributed by atoms with Gasteiger partial charge >= 0.3 is 0 Å². The van der Waals surface area contributed by atoms with Crippen LogP contribution in [-0.2, 0) is 0 Å². The molecule has 184 valence electrons. The molecule has 2 heterocycles. The van der Waals surface area contributed by atoms with E-state index < -0.39 is 0 Å². The van der Waals surface area contributed by atoms with E-state index in [4.69, 9.17) is 19.2 Å². The summed E-state index contributed by atoms with van der Waals surface area (Å²) in [5.41, 5.74) is 6.08. The SMILES string of the molecule is COc1ccc(-c2ccc(-c3ccc(OC)cc3)c(-c3ccc(OCCN4CCCC4)cc3)n2)cc1. The summed E-state index contributed by atoms with van der Waals surface area (Å²) < 4.78 is 16.7. The maximum atomic E-state index is 6.03. The van der Waals surface area contributed by atoms with Gasteiger partial charge in [0.05, 0.1) is 25.6 Å². The molecule has 1 aromatic heterocycles. The summed E-state index contributed by atoms with van der Waals surface area (Å²) in [6.45, 7) is 4.07. The molecule has 1 aliphatic heterocycles. The van der Waals surface area contributed by atoms with Crippen LogP contribution in [-0.4, -0.2) is 50.3 Å². The first-order valence-electron chi connectivity index (χ1n) is 12.5. The molecule has 1 fully saturated rings. The number of likely N-dealkylation sites (tertiary alicyclic amines) is 1. The highest BCUT2D eigenvalue weighted by atomic mass is 16.5. The van der Waals surface area contributed by atoms with Crippen LogP contribution >= 0.6 is 0 Å². The number of methoxy groups -OCH3 is 2. The molecule has 0 atom stereocenters. The first-order valence-corrected chi connectivity index (χ1v) is 12.5. The van der Waals surface area contributed by atoms with E-state index in [1.54, 1.807) is 14.2 Å². The molecule has 5 heteroatoms. The van der Waals surface area contributed by atoms with E-state index in [-0.39, 0.29) is 0 Å². The lowest BCUT2D eigenvalue weighted by Gasteiger charge is -2.15. The van der Waals surface area contributed by atoms with Gasteiger partial charge in [0.1, 0.15) is 23.9 Å². The molecule has 0 saturated carbocycles. The number of pyridine rings is 1. The number of hydrogen-bond donors (Lipinski definition) is 0. The van der Waals surface area contributed by atoms with E-state index in [0.29, 0.717) is 6.61 Å². The van der Waals surface area contributed by atoms with Crippen molar-refractivity contribution in [1.29, 1.82) is 0 Å². The molecule has 0 bridgehead atoms. The van der Waals surface area contributed by atoms with Gasteiger partial charge in [0, 0.05) is 23.2 Å². The van der Waals surface area contributed by atoms with E-state index in [1.807, 2.05) is 48.5 Å². The number of hydrogen-bond acceptors (Lipinski definition) is 5. The lowest BCUT2D eigenvalue weighted by atomic mass is 9.97. The summed E-state index contributed by atoms with van der Waals surface area (Å²) in [5.74, 6) is 2.54. The highest BCUT2D eigenvalue weighted by molar-refractivity contribution is 5.83. The predicted molar refractivity (Wildman–Crippen MR) is 145 cm³/mol. The number of nitrogens with zero attached hydrogens (tertiary/aromatic N) is 2. The van der Waals surface area contributed by atoms with Crippen molar-refractivity contribution >= 4 is 0 Å². The number of rotatable bonds is 9. The van der Waals surface area contributed by atoms with Crippen LogP contribution in [0, 0.1) is 0 Å². The average molecular weight is 481 g/mol. The second-order valence-corrected chi connectivity index (χ2v) is 8.97. The largest absolute Gasteiger partial charge is 0.497 e. The van der Waals surface area contributed by atoms with Crippen molar-refractivity contribution in [3.63, 3.8) is 0 Å². The first kappa shape index (κ1) is 23.9. The lowest BCUT2D eigenvalue weighted by molar-refractivity contribution is 0.238. The summed E-state index contributed by atoms with van der Waals surface area (Å²) in [6.07, 6.45) is 2.60. The molecule has 0 unspecified atom stereocenters. The number of ether oxygens (including phenoxy) is 3. The molecule has 0 radical (unpaired) electrons. The van der Waals surface area contributed by atoms with Crippen LogP contribution in [0.4, 0.5) is 0 Å².